The smallest absolute Gasteiger partial charge is 0.211 e. The zero-order valence-electron chi connectivity index (χ0n) is 8.34. The van der Waals surface area contributed by atoms with Crippen LogP contribution in [0.25, 0.3) is 0 Å². The minimum absolute atomic E-state index is 0.552. The molecule has 0 radical (unpaired) electrons. The Balaban J connectivity index is 0.000000245. The molecule has 80 valence electrons. The number of fused-ring (bicyclic) bond motifs is 1. The van der Waals surface area contributed by atoms with Gasteiger partial charge in [-0.05, 0) is 11.1 Å². The summed E-state index contributed by atoms with van der Waals surface area (Å²) in [5.74, 6) is 0. The Bertz CT molecular complexity index is 357. The summed E-state index contributed by atoms with van der Waals surface area (Å²) in [5.41, 5.74) is 2.58. The number of aliphatic imine (C=N–C) groups is 1. The molecule has 0 heterocycles. The van der Waals surface area contributed by atoms with E-state index in [0.717, 1.165) is 12.8 Å². The van der Waals surface area contributed by atoms with E-state index in [0.29, 0.717) is 0 Å². The molecule has 1 aromatic carbocycles. The number of rotatable bonds is 0. The van der Waals surface area contributed by atoms with E-state index >= 15 is 0 Å². The van der Waals surface area contributed by atoms with Gasteiger partial charge in [-0.2, -0.15) is 0 Å². The molecule has 1 aliphatic rings. The Kier molecular flexibility index (Phi) is 4.34. The fourth-order valence-corrected chi connectivity index (χ4v) is 2.10. The maximum absolute atomic E-state index is 8.88. The van der Waals surface area contributed by atoms with Gasteiger partial charge in [-0.25, -0.2) is 9.79 Å². The first kappa shape index (κ1) is 12.3. The second kappa shape index (κ2) is 5.32. The van der Waals surface area contributed by atoms with Crippen LogP contribution < -0.4 is 0 Å². The van der Waals surface area contributed by atoms with Crippen molar-refractivity contribution in [3.8, 4) is 0 Å². The third-order valence-electron chi connectivity index (χ3n) is 2.11. The molecule has 0 spiro atoms. The second-order valence-corrected chi connectivity index (χ2v) is 4.93. The lowest BCUT2D eigenvalue weighted by Gasteiger charge is -2.08. The molecule has 15 heavy (non-hydrogen) atoms. The number of hydrogen-bond donors (Lipinski definition) is 0. The number of benzene rings is 1. The molecule has 0 amide bonds. The van der Waals surface area contributed by atoms with Gasteiger partial charge >= 0.3 is 0 Å². The van der Waals surface area contributed by atoms with Crippen molar-refractivity contribution in [1.29, 1.82) is 0 Å². The van der Waals surface area contributed by atoms with Crippen LogP contribution in [0.15, 0.2) is 29.3 Å². The van der Waals surface area contributed by atoms with Crippen LogP contribution in [0.4, 0.5) is 0 Å². The molecule has 0 N–H and O–H groups in total. The Morgan fingerprint density at radius 3 is 2.00 bits per heavy atom. The third kappa shape index (κ3) is 3.67. The molecular formula is C11H11Cl2NO. The number of nitrogens with zero attached hydrogens (tertiary/aromatic N) is 1. The summed E-state index contributed by atoms with van der Waals surface area (Å²) in [5, 5.41) is 0. The van der Waals surface area contributed by atoms with Crippen LogP contribution in [-0.2, 0) is 17.6 Å². The van der Waals surface area contributed by atoms with E-state index in [2.05, 4.69) is 17.1 Å². The van der Waals surface area contributed by atoms with E-state index in [-0.39, 0.29) is 0 Å². The normalized spacial score (nSPS) is 15.7. The van der Waals surface area contributed by atoms with Crippen molar-refractivity contribution >= 4 is 29.3 Å². The monoisotopic (exact) mass is 243 g/mol. The summed E-state index contributed by atoms with van der Waals surface area (Å²) in [7, 11) is 1.38. The molecule has 0 fully saturated rings. The van der Waals surface area contributed by atoms with Crippen molar-refractivity contribution in [3.05, 3.63) is 35.4 Å². The van der Waals surface area contributed by atoms with Gasteiger partial charge in [-0.3, -0.25) is 0 Å². The summed E-state index contributed by atoms with van der Waals surface area (Å²) < 4.78 is -0.552. The minimum Gasteiger partial charge on any atom is -0.211 e. The molecule has 0 unspecified atom stereocenters. The van der Waals surface area contributed by atoms with Gasteiger partial charge in [-0.15, -0.1) is 23.2 Å². The van der Waals surface area contributed by atoms with Crippen LogP contribution >= 0.6 is 23.2 Å². The van der Waals surface area contributed by atoms with E-state index in [4.69, 9.17) is 28.0 Å². The predicted octanol–water partition coefficient (Wildman–Crippen LogP) is 2.91. The second-order valence-electron chi connectivity index (χ2n) is 3.29. The van der Waals surface area contributed by atoms with E-state index in [1.165, 1.54) is 24.3 Å². The van der Waals surface area contributed by atoms with Gasteiger partial charge < -0.3 is 0 Å². The van der Waals surface area contributed by atoms with Crippen molar-refractivity contribution in [2.24, 2.45) is 4.99 Å². The van der Waals surface area contributed by atoms with Gasteiger partial charge in [0.05, 0.1) is 0 Å². The van der Waals surface area contributed by atoms with Crippen molar-refractivity contribution in [2.45, 2.75) is 17.2 Å². The summed E-state index contributed by atoms with van der Waals surface area (Å²) in [6.45, 7) is 0. The van der Waals surface area contributed by atoms with E-state index in [1.54, 1.807) is 0 Å². The van der Waals surface area contributed by atoms with Crippen molar-refractivity contribution < 1.29 is 4.79 Å². The van der Waals surface area contributed by atoms with Crippen LogP contribution in [0.3, 0.4) is 0 Å². The topological polar surface area (TPSA) is 29.4 Å². The molecule has 0 saturated heterocycles. The van der Waals surface area contributed by atoms with Gasteiger partial charge in [0.15, 0.2) is 0 Å². The molecule has 4 heteroatoms. The number of halogens is 2. The highest BCUT2D eigenvalue weighted by molar-refractivity contribution is 6.48. The first-order chi connectivity index (χ1) is 7.09. The van der Waals surface area contributed by atoms with E-state index in [9.17, 15) is 0 Å². The molecule has 0 atom stereocenters. The summed E-state index contributed by atoms with van der Waals surface area (Å²) in [6.07, 6.45) is 2.87. The van der Waals surface area contributed by atoms with Gasteiger partial charge in [0.2, 0.25) is 6.08 Å². The van der Waals surface area contributed by atoms with Gasteiger partial charge in [0, 0.05) is 19.9 Å². The Morgan fingerprint density at radius 1 is 1.27 bits per heavy atom. The Morgan fingerprint density at radius 2 is 1.67 bits per heavy atom. The molecule has 0 bridgehead atoms. The Labute approximate surface area is 98.9 Å². The average molecular weight is 244 g/mol. The fourth-order valence-electron chi connectivity index (χ4n) is 1.52. The molecule has 0 aliphatic heterocycles. The predicted molar refractivity (Wildman–Crippen MR) is 62.3 cm³/mol. The van der Waals surface area contributed by atoms with Gasteiger partial charge in [0.25, 0.3) is 0 Å². The lowest BCUT2D eigenvalue weighted by atomic mass is 10.1. The van der Waals surface area contributed by atoms with Gasteiger partial charge in [0.1, 0.15) is 4.33 Å². The SMILES string of the molecule is CN=C=O.ClC1(Cl)Cc2ccccc2C1. The zero-order chi connectivity index (χ0) is 11.3. The van der Waals surface area contributed by atoms with Crippen molar-refractivity contribution in [2.75, 3.05) is 7.05 Å². The first-order valence-corrected chi connectivity index (χ1v) is 5.25. The minimum atomic E-state index is -0.552. The lowest BCUT2D eigenvalue weighted by Crippen LogP contribution is -2.10. The van der Waals surface area contributed by atoms with E-state index in [1.807, 2.05) is 12.1 Å². The van der Waals surface area contributed by atoms with Gasteiger partial charge in [-0.1, -0.05) is 24.3 Å². The highest BCUT2D eigenvalue weighted by atomic mass is 35.5. The number of isocyanates is 1. The van der Waals surface area contributed by atoms with Crippen LogP contribution in [0, 0.1) is 0 Å². The quantitative estimate of drug-likeness (QED) is 0.392. The standard InChI is InChI=1S/C9H8Cl2.C2H3NO/c10-9(11)5-7-3-1-2-4-8(7)6-9;1-3-2-4/h1-4H,5-6H2;1H3. The van der Waals surface area contributed by atoms with Crippen molar-refractivity contribution in [1.82, 2.24) is 0 Å². The number of hydrogen-bond acceptors (Lipinski definition) is 2. The highest BCUT2D eigenvalue weighted by Crippen LogP contribution is 2.37. The average Bonchev–Trinajstić information content (AvgIpc) is 2.52. The van der Waals surface area contributed by atoms with Crippen LogP contribution in [-0.4, -0.2) is 17.5 Å². The molecular weight excluding hydrogens is 233 g/mol. The lowest BCUT2D eigenvalue weighted by molar-refractivity contribution is 0.564. The largest absolute Gasteiger partial charge is 0.234 e. The van der Waals surface area contributed by atoms with Crippen LogP contribution in [0.1, 0.15) is 11.1 Å². The molecule has 1 aromatic rings. The zero-order valence-corrected chi connectivity index (χ0v) is 9.85. The molecule has 0 aromatic heterocycles. The first-order valence-electron chi connectivity index (χ1n) is 4.49. The number of alkyl halides is 2. The molecule has 1 aliphatic carbocycles. The summed E-state index contributed by atoms with van der Waals surface area (Å²) in [6, 6.07) is 8.21. The Hall–Kier alpha value is -0.820. The highest BCUT2D eigenvalue weighted by Gasteiger charge is 2.32. The van der Waals surface area contributed by atoms with Crippen LogP contribution in [0.2, 0.25) is 0 Å². The van der Waals surface area contributed by atoms with Crippen molar-refractivity contribution in [3.63, 3.8) is 0 Å². The van der Waals surface area contributed by atoms with Crippen LogP contribution in [0.5, 0.6) is 0 Å². The molecule has 0 saturated carbocycles. The van der Waals surface area contributed by atoms with E-state index < -0.39 is 4.33 Å². The third-order valence-corrected chi connectivity index (χ3v) is 2.64. The number of carbonyl (C=O) groups excluding carboxylic acids is 1. The molecule has 2 rings (SSSR count). The molecule has 2 nitrogen and oxygen atoms in total. The summed E-state index contributed by atoms with van der Waals surface area (Å²) in [4.78, 5) is 11.8. The fraction of sp³-hybridized carbons (Fsp3) is 0.364. The summed E-state index contributed by atoms with van der Waals surface area (Å²) >= 11 is 12.0. The maximum atomic E-state index is 8.88. The maximum Gasteiger partial charge on any atom is 0.234 e.